The normalized spacial score (nSPS) is 16.2. The van der Waals surface area contributed by atoms with Gasteiger partial charge in [0.15, 0.2) is 0 Å². The Morgan fingerprint density at radius 3 is 2.58 bits per heavy atom. The number of hydrogen-bond acceptors (Lipinski definition) is 3. The van der Waals surface area contributed by atoms with E-state index in [1.807, 2.05) is 29.2 Å². The van der Waals surface area contributed by atoms with E-state index in [4.69, 9.17) is 9.47 Å². The number of para-hydroxylation sites is 2. The number of nitrogens with one attached hydrogen (secondary N) is 1. The molecule has 1 aromatic carbocycles. The molecule has 104 valence electrons. The van der Waals surface area contributed by atoms with Gasteiger partial charge in [-0.05, 0) is 25.0 Å². The molecule has 0 saturated carbocycles. The van der Waals surface area contributed by atoms with E-state index in [1.165, 1.54) is 0 Å². The minimum Gasteiger partial charge on any atom is -0.495 e. The Hall–Kier alpha value is -1.75. The molecule has 0 bridgehead atoms. The summed E-state index contributed by atoms with van der Waals surface area (Å²) in [7, 11) is 3.31. The van der Waals surface area contributed by atoms with E-state index >= 15 is 0 Å². The van der Waals surface area contributed by atoms with Crippen LogP contribution in [0.25, 0.3) is 0 Å². The lowest BCUT2D eigenvalue weighted by atomic mass is 10.1. The van der Waals surface area contributed by atoms with E-state index in [0.29, 0.717) is 11.4 Å². The summed E-state index contributed by atoms with van der Waals surface area (Å²) in [6.45, 7) is 1.44. The summed E-state index contributed by atoms with van der Waals surface area (Å²) in [5.74, 6) is 0.669. The van der Waals surface area contributed by atoms with Crippen LogP contribution in [-0.4, -0.2) is 44.3 Å². The van der Waals surface area contributed by atoms with Crippen molar-refractivity contribution in [1.29, 1.82) is 0 Å². The molecule has 1 aliphatic rings. The predicted octanol–water partition coefficient (Wildman–Crippen LogP) is 2.34. The standard InChI is InChI=1S/C14H20N2O3/c1-18-11-7-9-16(10-8-11)14(17)15-12-5-3-4-6-13(12)19-2/h3-6,11H,7-10H2,1-2H3,(H,15,17). The zero-order chi connectivity index (χ0) is 13.7. The summed E-state index contributed by atoms with van der Waals surface area (Å²) in [5.41, 5.74) is 0.698. The highest BCUT2D eigenvalue weighted by molar-refractivity contribution is 5.91. The van der Waals surface area contributed by atoms with Crippen molar-refractivity contribution in [1.82, 2.24) is 4.90 Å². The number of nitrogens with zero attached hydrogens (tertiary/aromatic N) is 1. The number of piperidine rings is 1. The summed E-state index contributed by atoms with van der Waals surface area (Å²) in [6.07, 6.45) is 2.04. The highest BCUT2D eigenvalue weighted by Gasteiger charge is 2.22. The molecule has 0 spiro atoms. The van der Waals surface area contributed by atoms with Gasteiger partial charge < -0.3 is 19.7 Å². The summed E-state index contributed by atoms with van der Waals surface area (Å²) in [4.78, 5) is 14.0. The van der Waals surface area contributed by atoms with Crippen molar-refractivity contribution in [3.63, 3.8) is 0 Å². The summed E-state index contributed by atoms with van der Waals surface area (Å²) >= 11 is 0. The van der Waals surface area contributed by atoms with Crippen LogP contribution >= 0.6 is 0 Å². The van der Waals surface area contributed by atoms with Crippen LogP contribution in [0.3, 0.4) is 0 Å². The first kappa shape index (κ1) is 13.7. The SMILES string of the molecule is COc1ccccc1NC(=O)N1CCC(OC)CC1. The molecule has 1 aliphatic heterocycles. The fourth-order valence-electron chi connectivity index (χ4n) is 2.24. The van der Waals surface area contributed by atoms with Crippen LogP contribution in [0.4, 0.5) is 10.5 Å². The molecule has 1 heterocycles. The van der Waals surface area contributed by atoms with Gasteiger partial charge in [0.05, 0.1) is 18.9 Å². The van der Waals surface area contributed by atoms with Crippen LogP contribution in [0.1, 0.15) is 12.8 Å². The highest BCUT2D eigenvalue weighted by Crippen LogP contribution is 2.24. The monoisotopic (exact) mass is 264 g/mol. The average molecular weight is 264 g/mol. The van der Waals surface area contributed by atoms with Crippen molar-refractivity contribution >= 4 is 11.7 Å². The first-order chi connectivity index (χ1) is 9.24. The van der Waals surface area contributed by atoms with Crippen LogP contribution in [0.2, 0.25) is 0 Å². The molecular weight excluding hydrogens is 244 g/mol. The number of methoxy groups -OCH3 is 2. The van der Waals surface area contributed by atoms with Crippen LogP contribution in [0.15, 0.2) is 24.3 Å². The maximum atomic E-state index is 12.1. The highest BCUT2D eigenvalue weighted by atomic mass is 16.5. The number of benzene rings is 1. The van der Waals surface area contributed by atoms with Crippen molar-refractivity contribution in [3.8, 4) is 5.75 Å². The Morgan fingerprint density at radius 2 is 1.95 bits per heavy atom. The molecule has 0 unspecified atom stereocenters. The first-order valence-electron chi connectivity index (χ1n) is 6.46. The molecule has 1 fully saturated rings. The van der Waals surface area contributed by atoms with Crippen molar-refractivity contribution in [2.75, 3.05) is 32.6 Å². The van der Waals surface area contributed by atoms with Crippen molar-refractivity contribution in [2.45, 2.75) is 18.9 Å². The van der Waals surface area contributed by atoms with Crippen LogP contribution in [-0.2, 0) is 4.74 Å². The molecular formula is C14H20N2O3. The van der Waals surface area contributed by atoms with Gasteiger partial charge in [-0.2, -0.15) is 0 Å². The number of amides is 2. The molecule has 1 N–H and O–H groups in total. The lowest BCUT2D eigenvalue weighted by molar-refractivity contribution is 0.0521. The number of ether oxygens (including phenoxy) is 2. The molecule has 2 rings (SSSR count). The van der Waals surface area contributed by atoms with Crippen LogP contribution < -0.4 is 10.1 Å². The number of hydrogen-bond donors (Lipinski definition) is 1. The summed E-state index contributed by atoms with van der Waals surface area (Å²) in [5, 5.41) is 2.89. The van der Waals surface area contributed by atoms with E-state index in [9.17, 15) is 4.79 Å². The van der Waals surface area contributed by atoms with Crippen LogP contribution in [0.5, 0.6) is 5.75 Å². The fraction of sp³-hybridized carbons (Fsp3) is 0.500. The minimum absolute atomic E-state index is 0.0842. The number of carbonyl (C=O) groups is 1. The number of rotatable bonds is 3. The summed E-state index contributed by atoms with van der Waals surface area (Å²) < 4.78 is 10.5. The molecule has 0 aromatic heterocycles. The van der Waals surface area contributed by atoms with Gasteiger partial charge in [0.25, 0.3) is 0 Å². The van der Waals surface area contributed by atoms with Crippen molar-refractivity contribution in [2.24, 2.45) is 0 Å². The van der Waals surface area contributed by atoms with E-state index in [1.54, 1.807) is 14.2 Å². The van der Waals surface area contributed by atoms with Gasteiger partial charge in [0.1, 0.15) is 5.75 Å². The lowest BCUT2D eigenvalue weighted by Gasteiger charge is -2.31. The molecule has 5 nitrogen and oxygen atoms in total. The summed E-state index contributed by atoms with van der Waals surface area (Å²) in [6, 6.07) is 7.32. The van der Waals surface area contributed by atoms with Crippen LogP contribution in [0, 0.1) is 0 Å². The maximum Gasteiger partial charge on any atom is 0.321 e. The number of carbonyl (C=O) groups excluding carboxylic acids is 1. The Labute approximate surface area is 113 Å². The fourth-order valence-corrected chi connectivity index (χ4v) is 2.24. The second-order valence-electron chi connectivity index (χ2n) is 4.55. The zero-order valence-corrected chi connectivity index (χ0v) is 11.4. The predicted molar refractivity (Wildman–Crippen MR) is 73.6 cm³/mol. The van der Waals surface area contributed by atoms with Gasteiger partial charge in [-0.3, -0.25) is 0 Å². The zero-order valence-electron chi connectivity index (χ0n) is 11.4. The largest absolute Gasteiger partial charge is 0.495 e. The minimum atomic E-state index is -0.0842. The van der Waals surface area contributed by atoms with E-state index in [-0.39, 0.29) is 12.1 Å². The van der Waals surface area contributed by atoms with E-state index in [0.717, 1.165) is 25.9 Å². The van der Waals surface area contributed by atoms with Gasteiger partial charge in [0, 0.05) is 20.2 Å². The van der Waals surface area contributed by atoms with Crippen molar-refractivity contribution < 1.29 is 14.3 Å². The third kappa shape index (κ3) is 3.38. The van der Waals surface area contributed by atoms with Gasteiger partial charge >= 0.3 is 6.03 Å². The van der Waals surface area contributed by atoms with Gasteiger partial charge in [-0.1, -0.05) is 12.1 Å². The molecule has 19 heavy (non-hydrogen) atoms. The molecule has 0 aliphatic carbocycles. The topological polar surface area (TPSA) is 50.8 Å². The third-order valence-electron chi connectivity index (χ3n) is 3.41. The quantitative estimate of drug-likeness (QED) is 0.911. The van der Waals surface area contributed by atoms with Gasteiger partial charge in [0.2, 0.25) is 0 Å². The molecule has 0 radical (unpaired) electrons. The average Bonchev–Trinajstić information content (AvgIpc) is 2.48. The Morgan fingerprint density at radius 1 is 1.26 bits per heavy atom. The smallest absolute Gasteiger partial charge is 0.321 e. The second-order valence-corrected chi connectivity index (χ2v) is 4.55. The molecule has 1 saturated heterocycles. The lowest BCUT2D eigenvalue weighted by Crippen LogP contribution is -2.42. The van der Waals surface area contributed by atoms with E-state index in [2.05, 4.69) is 5.32 Å². The third-order valence-corrected chi connectivity index (χ3v) is 3.41. The van der Waals surface area contributed by atoms with Crippen molar-refractivity contribution in [3.05, 3.63) is 24.3 Å². The Kier molecular flexibility index (Phi) is 4.63. The Balaban J connectivity index is 1.94. The molecule has 5 heteroatoms. The number of likely N-dealkylation sites (tertiary alicyclic amines) is 1. The first-order valence-corrected chi connectivity index (χ1v) is 6.46. The number of anilines is 1. The maximum absolute atomic E-state index is 12.1. The Bertz CT molecular complexity index is 428. The molecule has 2 amide bonds. The molecule has 1 aromatic rings. The van der Waals surface area contributed by atoms with Gasteiger partial charge in [-0.15, -0.1) is 0 Å². The van der Waals surface area contributed by atoms with E-state index < -0.39 is 0 Å². The second kappa shape index (κ2) is 6.43. The van der Waals surface area contributed by atoms with Gasteiger partial charge in [-0.25, -0.2) is 4.79 Å². The molecule has 0 atom stereocenters. The number of urea groups is 1.